The van der Waals surface area contributed by atoms with Gasteiger partial charge in [0.25, 0.3) is 0 Å². The van der Waals surface area contributed by atoms with Crippen molar-refractivity contribution in [1.29, 1.82) is 0 Å². The SMILES string of the molecule is C/C=C/C1SCC(c2ccc(COC)c(F)c2F)CS1. The summed E-state index contributed by atoms with van der Waals surface area (Å²) in [6, 6.07) is 3.33. The average molecular weight is 316 g/mol. The second kappa shape index (κ2) is 7.48. The number of methoxy groups -OCH3 is 1. The lowest BCUT2D eigenvalue weighted by atomic mass is 10.00. The molecule has 0 aromatic heterocycles. The van der Waals surface area contributed by atoms with E-state index in [0.717, 1.165) is 11.5 Å². The van der Waals surface area contributed by atoms with Crippen LogP contribution in [0.25, 0.3) is 0 Å². The van der Waals surface area contributed by atoms with Crippen LogP contribution in [0.3, 0.4) is 0 Å². The topological polar surface area (TPSA) is 9.23 Å². The summed E-state index contributed by atoms with van der Waals surface area (Å²) in [5, 5.41) is 0. The molecular weight excluding hydrogens is 298 g/mol. The summed E-state index contributed by atoms with van der Waals surface area (Å²) in [6.45, 7) is 2.09. The molecule has 0 unspecified atom stereocenters. The van der Waals surface area contributed by atoms with E-state index in [4.69, 9.17) is 4.74 Å². The standard InChI is InChI=1S/C15H18F2OS2/c1-3-4-13-19-8-11(9-20-13)12-6-5-10(7-18-2)14(16)15(12)17/h3-6,11,13H,7-9H2,1-2H3/b4-3+. The normalized spacial score (nSPS) is 23.4. The molecule has 0 spiro atoms. The maximum Gasteiger partial charge on any atom is 0.164 e. The van der Waals surface area contributed by atoms with Gasteiger partial charge in [-0.1, -0.05) is 24.3 Å². The highest BCUT2D eigenvalue weighted by molar-refractivity contribution is 8.17. The Balaban J connectivity index is 2.12. The molecule has 1 heterocycles. The van der Waals surface area contributed by atoms with Crippen molar-refractivity contribution in [2.45, 2.75) is 24.0 Å². The van der Waals surface area contributed by atoms with E-state index in [2.05, 4.69) is 6.08 Å². The van der Waals surface area contributed by atoms with Gasteiger partial charge in [-0.05, 0) is 12.5 Å². The molecule has 1 aliphatic heterocycles. The average Bonchev–Trinajstić information content (AvgIpc) is 2.46. The zero-order valence-electron chi connectivity index (χ0n) is 11.6. The van der Waals surface area contributed by atoms with Gasteiger partial charge < -0.3 is 4.74 Å². The van der Waals surface area contributed by atoms with E-state index < -0.39 is 11.6 Å². The van der Waals surface area contributed by atoms with Crippen LogP contribution >= 0.6 is 23.5 Å². The van der Waals surface area contributed by atoms with Gasteiger partial charge in [0.05, 0.1) is 11.2 Å². The van der Waals surface area contributed by atoms with Crippen molar-refractivity contribution in [1.82, 2.24) is 0 Å². The molecule has 1 fully saturated rings. The number of hydrogen-bond donors (Lipinski definition) is 0. The maximum atomic E-state index is 14.2. The van der Waals surface area contributed by atoms with Gasteiger partial charge in [0.1, 0.15) is 0 Å². The van der Waals surface area contributed by atoms with Gasteiger partial charge in [-0.15, -0.1) is 23.5 Å². The van der Waals surface area contributed by atoms with Crippen molar-refractivity contribution in [3.05, 3.63) is 47.0 Å². The van der Waals surface area contributed by atoms with E-state index in [1.807, 2.05) is 13.0 Å². The molecule has 0 aliphatic carbocycles. The predicted octanol–water partition coefficient (Wildman–Crippen LogP) is 4.58. The summed E-state index contributed by atoms with van der Waals surface area (Å²) < 4.78 is 33.4. The molecule has 0 saturated carbocycles. The number of ether oxygens (including phenoxy) is 1. The van der Waals surface area contributed by atoms with Crippen LogP contribution in [0.4, 0.5) is 8.78 Å². The van der Waals surface area contributed by atoms with Crippen LogP contribution in [-0.4, -0.2) is 23.2 Å². The molecule has 5 heteroatoms. The molecule has 1 aliphatic rings. The molecule has 0 N–H and O–H groups in total. The summed E-state index contributed by atoms with van der Waals surface area (Å²) in [6.07, 6.45) is 4.18. The van der Waals surface area contributed by atoms with Gasteiger partial charge >= 0.3 is 0 Å². The molecular formula is C15H18F2OS2. The second-order valence-corrected chi connectivity index (χ2v) is 7.28. The van der Waals surface area contributed by atoms with Crippen LogP contribution in [0, 0.1) is 11.6 Å². The van der Waals surface area contributed by atoms with Crippen LogP contribution < -0.4 is 0 Å². The number of hydrogen-bond acceptors (Lipinski definition) is 3. The van der Waals surface area contributed by atoms with Gasteiger partial charge in [-0.3, -0.25) is 0 Å². The fourth-order valence-corrected chi connectivity index (χ4v) is 5.13. The first-order chi connectivity index (χ1) is 9.67. The monoisotopic (exact) mass is 316 g/mol. The molecule has 1 aromatic carbocycles. The summed E-state index contributed by atoms with van der Waals surface area (Å²) >= 11 is 3.56. The number of allylic oxidation sites excluding steroid dienone is 1. The minimum Gasteiger partial charge on any atom is -0.380 e. The molecule has 2 rings (SSSR count). The molecule has 0 bridgehead atoms. The Bertz CT molecular complexity index is 483. The van der Waals surface area contributed by atoms with E-state index in [0.29, 0.717) is 10.1 Å². The maximum absolute atomic E-state index is 14.2. The van der Waals surface area contributed by atoms with E-state index >= 15 is 0 Å². The number of thioether (sulfide) groups is 2. The Hall–Kier alpha value is -0.520. The van der Waals surface area contributed by atoms with Crippen LogP contribution in [-0.2, 0) is 11.3 Å². The Morgan fingerprint density at radius 1 is 1.25 bits per heavy atom. The molecule has 0 atom stereocenters. The fourth-order valence-electron chi connectivity index (χ4n) is 2.15. The zero-order valence-corrected chi connectivity index (χ0v) is 13.2. The molecule has 110 valence electrons. The Kier molecular flexibility index (Phi) is 5.93. The third kappa shape index (κ3) is 3.57. The third-order valence-electron chi connectivity index (χ3n) is 3.20. The fraction of sp³-hybridized carbons (Fsp3) is 0.467. The zero-order chi connectivity index (χ0) is 14.5. The highest BCUT2D eigenvalue weighted by Crippen LogP contribution is 2.40. The van der Waals surface area contributed by atoms with Gasteiger partial charge in [0.15, 0.2) is 11.6 Å². The Labute approximate surface area is 127 Å². The highest BCUT2D eigenvalue weighted by atomic mass is 32.2. The van der Waals surface area contributed by atoms with E-state index in [-0.39, 0.29) is 18.1 Å². The van der Waals surface area contributed by atoms with Crippen molar-refractivity contribution in [2.75, 3.05) is 18.6 Å². The minimum atomic E-state index is -0.769. The second-order valence-electron chi connectivity index (χ2n) is 4.63. The third-order valence-corrected chi connectivity index (χ3v) is 6.18. The lowest BCUT2D eigenvalue weighted by Gasteiger charge is -2.26. The number of rotatable bonds is 4. The molecule has 1 nitrogen and oxygen atoms in total. The summed E-state index contributed by atoms with van der Waals surface area (Å²) in [5.41, 5.74) is 0.762. The summed E-state index contributed by atoms with van der Waals surface area (Å²) in [5.74, 6) is 0.229. The predicted molar refractivity (Wildman–Crippen MR) is 83.3 cm³/mol. The van der Waals surface area contributed by atoms with Gasteiger partial charge in [-0.2, -0.15) is 0 Å². The highest BCUT2D eigenvalue weighted by Gasteiger charge is 2.26. The molecule has 1 saturated heterocycles. The number of benzene rings is 1. The van der Waals surface area contributed by atoms with Crippen LogP contribution in [0.15, 0.2) is 24.3 Å². The molecule has 0 radical (unpaired) electrons. The van der Waals surface area contributed by atoms with Crippen molar-refractivity contribution in [2.24, 2.45) is 0 Å². The quantitative estimate of drug-likeness (QED) is 0.753. The van der Waals surface area contributed by atoms with Crippen molar-refractivity contribution >= 4 is 23.5 Å². The van der Waals surface area contributed by atoms with Crippen molar-refractivity contribution in [3.8, 4) is 0 Å². The van der Waals surface area contributed by atoms with Crippen molar-refractivity contribution < 1.29 is 13.5 Å². The number of halogens is 2. The first-order valence-corrected chi connectivity index (χ1v) is 8.58. The molecule has 0 amide bonds. The van der Waals surface area contributed by atoms with Crippen LogP contribution in [0.2, 0.25) is 0 Å². The smallest absolute Gasteiger partial charge is 0.164 e. The van der Waals surface area contributed by atoms with Crippen LogP contribution in [0.5, 0.6) is 0 Å². The van der Waals surface area contributed by atoms with E-state index in [1.54, 1.807) is 35.7 Å². The van der Waals surface area contributed by atoms with E-state index in [1.165, 1.54) is 7.11 Å². The Morgan fingerprint density at radius 2 is 1.95 bits per heavy atom. The largest absolute Gasteiger partial charge is 0.380 e. The van der Waals surface area contributed by atoms with Gasteiger partial charge in [-0.25, -0.2) is 8.78 Å². The first-order valence-electron chi connectivity index (χ1n) is 6.49. The summed E-state index contributed by atoms with van der Waals surface area (Å²) in [7, 11) is 1.47. The van der Waals surface area contributed by atoms with Gasteiger partial charge in [0, 0.05) is 30.1 Å². The molecule has 20 heavy (non-hydrogen) atoms. The Morgan fingerprint density at radius 3 is 2.55 bits per heavy atom. The van der Waals surface area contributed by atoms with E-state index in [9.17, 15) is 8.78 Å². The minimum absolute atomic E-state index is 0.0672. The van der Waals surface area contributed by atoms with Gasteiger partial charge in [0.2, 0.25) is 0 Å². The summed E-state index contributed by atoms with van der Waals surface area (Å²) in [4.78, 5) is 0. The van der Waals surface area contributed by atoms with Crippen molar-refractivity contribution in [3.63, 3.8) is 0 Å². The first kappa shape index (κ1) is 15.9. The lowest BCUT2D eigenvalue weighted by molar-refractivity contribution is 0.180. The molecule has 1 aromatic rings. The lowest BCUT2D eigenvalue weighted by Crippen LogP contribution is -2.17. The van der Waals surface area contributed by atoms with Crippen LogP contribution in [0.1, 0.15) is 24.0 Å².